The summed E-state index contributed by atoms with van der Waals surface area (Å²) in [4.78, 5) is 0. The van der Waals surface area contributed by atoms with Gasteiger partial charge in [0.05, 0.1) is 0 Å². The lowest BCUT2D eigenvalue weighted by atomic mass is 10.1. The van der Waals surface area contributed by atoms with Crippen LogP contribution < -0.4 is 11.5 Å². The largest absolute Gasteiger partial charge is 0.399 e. The Kier molecular flexibility index (Phi) is 9.59. The lowest BCUT2D eigenvalue weighted by molar-refractivity contribution is 1.50. The number of rotatable bonds is 0. The third kappa shape index (κ3) is 6.02. The fourth-order valence-electron chi connectivity index (χ4n) is 2.91. The van der Waals surface area contributed by atoms with E-state index < -0.39 is 0 Å². The van der Waals surface area contributed by atoms with Crippen LogP contribution in [0, 0.1) is 13.8 Å². The molecule has 0 aromatic heterocycles. The summed E-state index contributed by atoms with van der Waals surface area (Å²) in [6.45, 7) is 12.2. The van der Waals surface area contributed by atoms with Crippen molar-refractivity contribution < 1.29 is 0 Å². The van der Waals surface area contributed by atoms with Gasteiger partial charge >= 0.3 is 0 Å². The Bertz CT molecular complexity index is 1000. The van der Waals surface area contributed by atoms with E-state index >= 15 is 0 Å². The van der Waals surface area contributed by atoms with Gasteiger partial charge in [-0.1, -0.05) is 76.2 Å². The molecule has 0 aliphatic rings. The number of hydrogen-bond acceptors (Lipinski definition) is 2. The molecule has 0 spiro atoms. The van der Waals surface area contributed by atoms with Gasteiger partial charge in [-0.3, -0.25) is 0 Å². The van der Waals surface area contributed by atoms with Crippen LogP contribution >= 0.6 is 0 Å². The van der Waals surface area contributed by atoms with Crippen LogP contribution in [0.5, 0.6) is 0 Å². The Morgan fingerprint density at radius 3 is 1.64 bits per heavy atom. The normalized spacial score (nSPS) is 9.36. The SMILES string of the molecule is CC.CC.Cc1cccc2cc(N)ccc12.Cc1cccc2ccc(N)cc12. The van der Waals surface area contributed by atoms with E-state index in [1.165, 1.54) is 32.7 Å². The van der Waals surface area contributed by atoms with E-state index in [2.05, 4.69) is 62.4 Å². The topological polar surface area (TPSA) is 52.0 Å². The van der Waals surface area contributed by atoms with Crippen molar-refractivity contribution in [2.75, 3.05) is 11.5 Å². The highest BCUT2D eigenvalue weighted by Gasteiger charge is 1.96. The summed E-state index contributed by atoms with van der Waals surface area (Å²) in [5.41, 5.74) is 15.6. The number of aryl methyl sites for hydroxylation is 2. The Labute approximate surface area is 170 Å². The number of nitrogen functional groups attached to an aromatic ring is 2. The third-order valence-corrected chi connectivity index (χ3v) is 4.25. The zero-order valence-corrected chi connectivity index (χ0v) is 18.1. The maximum Gasteiger partial charge on any atom is 0.0320 e. The molecule has 4 N–H and O–H groups in total. The van der Waals surface area contributed by atoms with Gasteiger partial charge in [-0.05, 0) is 70.8 Å². The lowest BCUT2D eigenvalue weighted by Crippen LogP contribution is -1.84. The second kappa shape index (κ2) is 11.7. The monoisotopic (exact) mass is 374 g/mol. The molecule has 0 radical (unpaired) electrons. The highest BCUT2D eigenvalue weighted by atomic mass is 14.5. The van der Waals surface area contributed by atoms with Gasteiger partial charge in [-0.15, -0.1) is 0 Å². The molecule has 0 unspecified atom stereocenters. The van der Waals surface area contributed by atoms with E-state index in [0.29, 0.717) is 0 Å². The van der Waals surface area contributed by atoms with E-state index in [9.17, 15) is 0 Å². The highest BCUT2D eigenvalue weighted by molar-refractivity contribution is 5.88. The van der Waals surface area contributed by atoms with Gasteiger partial charge in [0.15, 0.2) is 0 Å². The van der Waals surface area contributed by atoms with Crippen LogP contribution in [0.2, 0.25) is 0 Å². The molecule has 4 rings (SSSR count). The van der Waals surface area contributed by atoms with Gasteiger partial charge in [0.2, 0.25) is 0 Å². The summed E-state index contributed by atoms with van der Waals surface area (Å²) < 4.78 is 0. The summed E-state index contributed by atoms with van der Waals surface area (Å²) >= 11 is 0. The molecule has 0 aliphatic heterocycles. The molecule has 148 valence electrons. The molecule has 0 fully saturated rings. The van der Waals surface area contributed by atoms with Gasteiger partial charge in [0.25, 0.3) is 0 Å². The lowest BCUT2D eigenvalue weighted by Gasteiger charge is -2.01. The molecular weight excluding hydrogens is 340 g/mol. The quantitative estimate of drug-likeness (QED) is 0.313. The van der Waals surface area contributed by atoms with E-state index in [-0.39, 0.29) is 0 Å². The molecule has 0 atom stereocenters. The van der Waals surface area contributed by atoms with Gasteiger partial charge < -0.3 is 11.5 Å². The van der Waals surface area contributed by atoms with Gasteiger partial charge in [0, 0.05) is 11.4 Å². The van der Waals surface area contributed by atoms with Crippen LogP contribution in [0.15, 0.2) is 72.8 Å². The molecule has 4 aromatic rings. The zero-order chi connectivity index (χ0) is 21.1. The number of nitrogens with two attached hydrogens (primary N) is 2. The van der Waals surface area contributed by atoms with Gasteiger partial charge in [-0.25, -0.2) is 0 Å². The van der Waals surface area contributed by atoms with Gasteiger partial charge in [0.1, 0.15) is 0 Å². The molecule has 4 aromatic carbocycles. The molecule has 0 amide bonds. The van der Waals surface area contributed by atoms with Crippen molar-refractivity contribution in [3.05, 3.63) is 83.9 Å². The number of hydrogen-bond donors (Lipinski definition) is 2. The Balaban J connectivity index is 0.000000238. The summed E-state index contributed by atoms with van der Waals surface area (Å²) in [6, 6.07) is 24.5. The zero-order valence-electron chi connectivity index (χ0n) is 18.1. The van der Waals surface area contributed by atoms with Crippen molar-refractivity contribution in [1.29, 1.82) is 0 Å². The van der Waals surface area contributed by atoms with E-state index in [4.69, 9.17) is 11.5 Å². The molecule has 2 heteroatoms. The summed E-state index contributed by atoms with van der Waals surface area (Å²) in [5, 5.41) is 5.00. The molecule has 0 saturated carbocycles. The van der Waals surface area contributed by atoms with Crippen LogP contribution in [0.4, 0.5) is 11.4 Å². The minimum absolute atomic E-state index is 0.827. The summed E-state index contributed by atoms with van der Waals surface area (Å²) in [7, 11) is 0. The maximum absolute atomic E-state index is 5.69. The number of benzene rings is 4. The molecule has 0 aliphatic carbocycles. The third-order valence-electron chi connectivity index (χ3n) is 4.25. The molecule has 0 saturated heterocycles. The molecule has 0 heterocycles. The predicted octanol–water partition coefficient (Wildman–Crippen LogP) is 7.51. The van der Waals surface area contributed by atoms with Crippen LogP contribution in [0.25, 0.3) is 21.5 Å². The number of anilines is 2. The first-order valence-corrected chi connectivity index (χ1v) is 10.0. The molecule has 28 heavy (non-hydrogen) atoms. The van der Waals surface area contributed by atoms with Crippen molar-refractivity contribution in [2.45, 2.75) is 41.5 Å². The Morgan fingerprint density at radius 2 is 1.00 bits per heavy atom. The highest BCUT2D eigenvalue weighted by Crippen LogP contribution is 2.21. The average molecular weight is 375 g/mol. The number of fused-ring (bicyclic) bond motifs is 2. The Hall–Kier alpha value is -3.00. The minimum Gasteiger partial charge on any atom is -0.399 e. The van der Waals surface area contributed by atoms with E-state index in [1.807, 2.05) is 52.0 Å². The smallest absolute Gasteiger partial charge is 0.0320 e. The van der Waals surface area contributed by atoms with Crippen LogP contribution in [0.3, 0.4) is 0 Å². The van der Waals surface area contributed by atoms with Crippen LogP contribution in [0.1, 0.15) is 38.8 Å². The van der Waals surface area contributed by atoms with Crippen molar-refractivity contribution >= 4 is 32.9 Å². The van der Waals surface area contributed by atoms with E-state index in [0.717, 1.165) is 11.4 Å². The van der Waals surface area contributed by atoms with Crippen molar-refractivity contribution in [1.82, 2.24) is 0 Å². The molecule has 0 bridgehead atoms. The summed E-state index contributed by atoms with van der Waals surface area (Å²) in [5.74, 6) is 0. The standard InChI is InChI=1S/2C11H11N.2C2H6/c1-8-3-2-4-9-7-10(12)5-6-11(8)9;1-8-3-2-4-9-5-6-10(12)7-11(8)9;2*1-2/h2*2-7H,12H2,1H3;2*1-2H3. The predicted molar refractivity (Wildman–Crippen MR) is 129 cm³/mol. The van der Waals surface area contributed by atoms with Gasteiger partial charge in [-0.2, -0.15) is 0 Å². The maximum atomic E-state index is 5.69. The molecule has 2 nitrogen and oxygen atoms in total. The first kappa shape index (κ1) is 23.0. The van der Waals surface area contributed by atoms with Crippen LogP contribution in [-0.4, -0.2) is 0 Å². The second-order valence-electron chi connectivity index (χ2n) is 6.11. The fraction of sp³-hybridized carbons (Fsp3) is 0.231. The summed E-state index contributed by atoms with van der Waals surface area (Å²) in [6.07, 6.45) is 0. The average Bonchev–Trinajstić information content (AvgIpc) is 2.72. The van der Waals surface area contributed by atoms with Crippen LogP contribution in [-0.2, 0) is 0 Å². The van der Waals surface area contributed by atoms with E-state index in [1.54, 1.807) is 0 Å². The van der Waals surface area contributed by atoms with Crippen molar-refractivity contribution in [2.24, 2.45) is 0 Å². The molecular formula is C26H34N2. The van der Waals surface area contributed by atoms with Crippen molar-refractivity contribution in [3.63, 3.8) is 0 Å². The Morgan fingerprint density at radius 1 is 0.500 bits per heavy atom. The first-order chi connectivity index (χ1) is 13.5. The van der Waals surface area contributed by atoms with Crippen molar-refractivity contribution in [3.8, 4) is 0 Å². The second-order valence-corrected chi connectivity index (χ2v) is 6.11. The minimum atomic E-state index is 0.827. The fourth-order valence-corrected chi connectivity index (χ4v) is 2.91. The first-order valence-electron chi connectivity index (χ1n) is 10.0.